The van der Waals surface area contributed by atoms with Gasteiger partial charge in [0.15, 0.2) is 5.78 Å². The van der Waals surface area contributed by atoms with E-state index in [4.69, 9.17) is 4.74 Å². The lowest BCUT2D eigenvalue weighted by molar-refractivity contribution is -0.154. The highest BCUT2D eigenvalue weighted by Gasteiger charge is 2.54. The summed E-state index contributed by atoms with van der Waals surface area (Å²) in [5.74, 6) is -0.606. The van der Waals surface area contributed by atoms with Crippen molar-refractivity contribution in [2.45, 2.75) is 59.5 Å². The Hall–Kier alpha value is -1.68. The SMILES string of the molecule is CC(=O)OCC1(O)CCC(C(C)=CCC=C(C)C)C1C1C(=O)C=CC1C. The molecule has 26 heavy (non-hydrogen) atoms. The molecule has 4 nitrogen and oxygen atoms in total. The summed E-state index contributed by atoms with van der Waals surface area (Å²) in [5.41, 5.74) is 1.33. The lowest BCUT2D eigenvalue weighted by Gasteiger charge is -2.38. The van der Waals surface area contributed by atoms with E-state index in [0.29, 0.717) is 6.42 Å². The molecule has 5 atom stereocenters. The van der Waals surface area contributed by atoms with Gasteiger partial charge in [0.05, 0.1) is 0 Å². The molecule has 1 saturated carbocycles. The molecule has 4 heteroatoms. The Morgan fingerprint density at radius 2 is 2.00 bits per heavy atom. The average Bonchev–Trinajstić information content (AvgIpc) is 3.05. The van der Waals surface area contributed by atoms with Crippen molar-refractivity contribution in [3.05, 3.63) is 35.5 Å². The highest BCUT2D eigenvalue weighted by molar-refractivity contribution is 5.95. The smallest absolute Gasteiger partial charge is 0.302 e. The van der Waals surface area contributed by atoms with E-state index in [0.717, 1.165) is 12.8 Å². The van der Waals surface area contributed by atoms with Crippen LogP contribution >= 0.6 is 0 Å². The molecule has 0 bridgehead atoms. The Labute approximate surface area is 157 Å². The summed E-state index contributed by atoms with van der Waals surface area (Å²) >= 11 is 0. The van der Waals surface area contributed by atoms with Crippen LogP contribution in [0.2, 0.25) is 0 Å². The summed E-state index contributed by atoms with van der Waals surface area (Å²) in [5, 5.41) is 11.3. The largest absolute Gasteiger partial charge is 0.463 e. The highest BCUT2D eigenvalue weighted by atomic mass is 16.5. The fourth-order valence-electron chi connectivity index (χ4n) is 4.49. The standard InChI is InChI=1S/C22H32O4/c1-14(2)7-6-8-15(3)18-11-12-22(25,13-26-17(5)23)21(18)20-16(4)9-10-19(20)24/h7-10,16,18,20-21,25H,6,11-13H2,1-5H3. The van der Waals surface area contributed by atoms with Gasteiger partial charge in [-0.25, -0.2) is 0 Å². The van der Waals surface area contributed by atoms with Crippen LogP contribution in [-0.2, 0) is 14.3 Å². The van der Waals surface area contributed by atoms with Crippen molar-refractivity contribution in [2.24, 2.45) is 23.7 Å². The van der Waals surface area contributed by atoms with Crippen LogP contribution in [0.25, 0.3) is 0 Å². The second-order valence-corrected chi connectivity index (χ2v) is 8.17. The first kappa shape index (κ1) is 20.6. The summed E-state index contributed by atoms with van der Waals surface area (Å²) < 4.78 is 5.18. The first-order chi connectivity index (χ1) is 12.2. The van der Waals surface area contributed by atoms with E-state index < -0.39 is 11.6 Å². The molecule has 1 fully saturated rings. The lowest BCUT2D eigenvalue weighted by atomic mass is 9.70. The van der Waals surface area contributed by atoms with Gasteiger partial charge in [-0.2, -0.15) is 0 Å². The maximum absolute atomic E-state index is 12.5. The number of rotatable bonds is 6. The minimum Gasteiger partial charge on any atom is -0.463 e. The van der Waals surface area contributed by atoms with Crippen molar-refractivity contribution in [3.63, 3.8) is 0 Å². The summed E-state index contributed by atoms with van der Waals surface area (Å²) in [7, 11) is 0. The van der Waals surface area contributed by atoms with Crippen LogP contribution in [0.15, 0.2) is 35.5 Å². The maximum Gasteiger partial charge on any atom is 0.302 e. The van der Waals surface area contributed by atoms with E-state index >= 15 is 0 Å². The van der Waals surface area contributed by atoms with Crippen LogP contribution in [0.1, 0.15) is 53.9 Å². The number of carbonyl (C=O) groups is 2. The Morgan fingerprint density at radius 1 is 1.31 bits per heavy atom. The number of ketones is 1. The Morgan fingerprint density at radius 3 is 2.54 bits per heavy atom. The van der Waals surface area contributed by atoms with Crippen molar-refractivity contribution in [1.82, 2.24) is 0 Å². The quantitative estimate of drug-likeness (QED) is 0.574. The van der Waals surface area contributed by atoms with E-state index in [1.807, 2.05) is 13.0 Å². The van der Waals surface area contributed by atoms with Crippen molar-refractivity contribution in [1.29, 1.82) is 0 Å². The number of allylic oxidation sites excluding steroid dienone is 6. The summed E-state index contributed by atoms with van der Waals surface area (Å²) in [6, 6.07) is 0. The summed E-state index contributed by atoms with van der Waals surface area (Å²) in [4.78, 5) is 23.8. The highest BCUT2D eigenvalue weighted by Crippen LogP contribution is 2.51. The van der Waals surface area contributed by atoms with E-state index in [1.54, 1.807) is 6.08 Å². The van der Waals surface area contributed by atoms with Crippen LogP contribution in [0.4, 0.5) is 0 Å². The van der Waals surface area contributed by atoms with Crippen LogP contribution in [0.5, 0.6) is 0 Å². The molecule has 0 heterocycles. The molecule has 2 rings (SSSR count). The van der Waals surface area contributed by atoms with Gasteiger partial charge in [0, 0.05) is 18.8 Å². The van der Waals surface area contributed by atoms with Gasteiger partial charge in [0.1, 0.15) is 12.2 Å². The minimum atomic E-state index is -1.15. The average molecular weight is 360 g/mol. The van der Waals surface area contributed by atoms with Crippen molar-refractivity contribution in [2.75, 3.05) is 6.61 Å². The number of hydrogen-bond donors (Lipinski definition) is 1. The molecule has 2 aliphatic carbocycles. The lowest BCUT2D eigenvalue weighted by Crippen LogP contribution is -2.47. The third-order valence-electron chi connectivity index (χ3n) is 5.86. The van der Waals surface area contributed by atoms with Crippen molar-refractivity contribution in [3.8, 4) is 0 Å². The van der Waals surface area contributed by atoms with Gasteiger partial charge in [-0.05, 0) is 57.9 Å². The van der Waals surface area contributed by atoms with Crippen molar-refractivity contribution < 1.29 is 19.4 Å². The fraction of sp³-hybridized carbons (Fsp3) is 0.636. The van der Waals surface area contributed by atoms with Gasteiger partial charge in [-0.15, -0.1) is 0 Å². The van der Waals surface area contributed by atoms with E-state index in [1.165, 1.54) is 18.1 Å². The topological polar surface area (TPSA) is 63.6 Å². The molecule has 0 spiro atoms. The number of carbonyl (C=O) groups excluding carboxylic acids is 2. The first-order valence-electron chi connectivity index (χ1n) is 9.53. The molecule has 0 aromatic heterocycles. The second-order valence-electron chi connectivity index (χ2n) is 8.17. The molecule has 144 valence electrons. The normalized spacial score (nSPS) is 34.2. The van der Waals surface area contributed by atoms with Crippen LogP contribution in [0, 0.1) is 23.7 Å². The van der Waals surface area contributed by atoms with E-state index in [2.05, 4.69) is 32.9 Å². The van der Waals surface area contributed by atoms with Crippen LogP contribution in [-0.4, -0.2) is 29.1 Å². The minimum absolute atomic E-state index is 0.0404. The summed E-state index contributed by atoms with van der Waals surface area (Å²) in [6.07, 6.45) is 10.1. The first-order valence-corrected chi connectivity index (χ1v) is 9.53. The molecule has 0 saturated heterocycles. The third kappa shape index (κ3) is 4.53. The van der Waals surface area contributed by atoms with E-state index in [9.17, 15) is 14.7 Å². The number of esters is 1. The Kier molecular flexibility index (Phi) is 6.62. The number of hydrogen-bond acceptors (Lipinski definition) is 4. The molecule has 0 radical (unpaired) electrons. The molecular formula is C22H32O4. The zero-order chi connectivity index (χ0) is 19.5. The molecule has 1 N–H and O–H groups in total. The van der Waals surface area contributed by atoms with Gasteiger partial charge in [-0.1, -0.05) is 36.3 Å². The molecule has 2 aliphatic rings. The van der Waals surface area contributed by atoms with Gasteiger partial charge in [0.25, 0.3) is 0 Å². The number of ether oxygens (including phenoxy) is 1. The molecule has 0 amide bonds. The monoisotopic (exact) mass is 360 g/mol. The van der Waals surface area contributed by atoms with Gasteiger partial charge < -0.3 is 9.84 Å². The van der Waals surface area contributed by atoms with Gasteiger partial charge in [-0.3, -0.25) is 9.59 Å². The predicted molar refractivity (Wildman–Crippen MR) is 102 cm³/mol. The fourth-order valence-corrected chi connectivity index (χ4v) is 4.49. The Bertz CT molecular complexity index is 639. The third-order valence-corrected chi connectivity index (χ3v) is 5.86. The second kappa shape index (κ2) is 8.34. The number of aliphatic hydroxyl groups is 1. The zero-order valence-corrected chi connectivity index (χ0v) is 16.6. The van der Waals surface area contributed by atoms with Crippen molar-refractivity contribution >= 4 is 11.8 Å². The molecule has 0 aromatic carbocycles. The van der Waals surface area contributed by atoms with Crippen LogP contribution < -0.4 is 0 Å². The summed E-state index contributed by atoms with van der Waals surface area (Å²) in [6.45, 7) is 9.57. The van der Waals surface area contributed by atoms with Gasteiger partial charge >= 0.3 is 5.97 Å². The van der Waals surface area contributed by atoms with Crippen LogP contribution in [0.3, 0.4) is 0 Å². The molecule has 5 unspecified atom stereocenters. The zero-order valence-electron chi connectivity index (χ0n) is 16.6. The molecule has 0 aromatic rings. The van der Waals surface area contributed by atoms with E-state index in [-0.39, 0.29) is 36.1 Å². The molecular weight excluding hydrogens is 328 g/mol. The predicted octanol–water partition coefficient (Wildman–Crippen LogP) is 4.00. The van der Waals surface area contributed by atoms with Gasteiger partial charge in [0.2, 0.25) is 0 Å². The maximum atomic E-state index is 12.5. The molecule has 0 aliphatic heterocycles. The Balaban J connectivity index is 2.31.